The average Bonchev–Trinajstić information content (AvgIpc) is 3.50. The summed E-state index contributed by atoms with van der Waals surface area (Å²) < 4.78 is 8.66. The van der Waals surface area contributed by atoms with Crippen molar-refractivity contribution in [1.82, 2.24) is 19.4 Å². The van der Waals surface area contributed by atoms with Crippen molar-refractivity contribution in [3.05, 3.63) is 107 Å². The second-order valence-electron chi connectivity index (χ2n) is 12.9. The van der Waals surface area contributed by atoms with Gasteiger partial charge in [-0.05, 0) is 103 Å². The number of hydrogen-bond acceptors (Lipinski definition) is 5. The summed E-state index contributed by atoms with van der Waals surface area (Å²) >= 11 is 6.19. The molecule has 0 spiro atoms. The number of ether oxygens (including phenoxy) is 1. The van der Waals surface area contributed by atoms with E-state index in [-0.39, 0.29) is 42.9 Å². The smallest absolute Gasteiger partial charge is 0.335 e. The number of benzene rings is 4. The molecule has 2 fully saturated rings. The van der Waals surface area contributed by atoms with Gasteiger partial charge in [0.1, 0.15) is 18.2 Å². The van der Waals surface area contributed by atoms with E-state index in [4.69, 9.17) is 21.3 Å². The first-order valence-corrected chi connectivity index (χ1v) is 17.1. The minimum absolute atomic E-state index is 0. The summed E-state index contributed by atoms with van der Waals surface area (Å²) in [5.74, 6) is 0.615. The Morgan fingerprint density at radius 1 is 0.820 bits per heavy atom. The third-order valence-electron chi connectivity index (χ3n) is 9.68. The highest BCUT2D eigenvalue weighted by Crippen LogP contribution is 2.37. The molecule has 1 aliphatic carbocycles. The van der Waals surface area contributed by atoms with Crippen LogP contribution in [0.1, 0.15) is 64.4 Å². The summed E-state index contributed by atoms with van der Waals surface area (Å²) in [6.45, 7) is 3.42. The number of aromatic carboxylic acids is 1. The molecular formula is C39H41Cl3N4O4. The fraction of sp³-hybridized carbons (Fsp3) is 0.308. The summed E-state index contributed by atoms with van der Waals surface area (Å²) in [6, 6.07) is 27.0. The van der Waals surface area contributed by atoms with Crippen molar-refractivity contribution < 1.29 is 19.4 Å². The molecule has 7 rings (SSSR count). The fourth-order valence-corrected chi connectivity index (χ4v) is 7.08. The van der Waals surface area contributed by atoms with Gasteiger partial charge in [0.05, 0.1) is 16.6 Å². The molecule has 1 saturated carbocycles. The number of aromatic nitrogens is 2. The number of carbonyl (C=O) groups excluding carboxylic acids is 1. The van der Waals surface area contributed by atoms with Crippen LogP contribution >= 0.6 is 36.4 Å². The van der Waals surface area contributed by atoms with Crippen LogP contribution in [0.3, 0.4) is 0 Å². The van der Waals surface area contributed by atoms with E-state index in [0.29, 0.717) is 41.0 Å². The molecule has 2 heterocycles. The Hall–Kier alpha value is -4.08. The zero-order chi connectivity index (χ0) is 33.2. The van der Waals surface area contributed by atoms with Crippen LogP contribution in [0.15, 0.2) is 84.9 Å². The van der Waals surface area contributed by atoms with Crippen LogP contribution in [0.25, 0.3) is 33.5 Å². The van der Waals surface area contributed by atoms with Crippen molar-refractivity contribution in [2.75, 3.05) is 33.2 Å². The molecule has 5 aromatic rings. The Morgan fingerprint density at radius 3 is 2.16 bits per heavy atom. The van der Waals surface area contributed by atoms with E-state index in [0.717, 1.165) is 59.5 Å². The van der Waals surface area contributed by atoms with Crippen LogP contribution in [0.2, 0.25) is 5.02 Å². The molecule has 262 valence electrons. The molecule has 1 saturated heterocycles. The number of halogens is 3. The van der Waals surface area contributed by atoms with Crippen molar-refractivity contribution in [3.8, 4) is 28.3 Å². The molecule has 0 radical (unpaired) electrons. The highest BCUT2D eigenvalue weighted by Gasteiger charge is 2.24. The summed E-state index contributed by atoms with van der Waals surface area (Å²) in [7, 11) is 2.08. The van der Waals surface area contributed by atoms with E-state index in [1.54, 1.807) is 12.1 Å². The maximum absolute atomic E-state index is 13.5. The summed E-state index contributed by atoms with van der Waals surface area (Å²) in [6.07, 6.45) is 5.73. The average molecular weight is 736 g/mol. The van der Waals surface area contributed by atoms with Gasteiger partial charge in [0.15, 0.2) is 0 Å². The summed E-state index contributed by atoms with van der Waals surface area (Å²) in [4.78, 5) is 34.3. The van der Waals surface area contributed by atoms with E-state index >= 15 is 0 Å². The summed E-state index contributed by atoms with van der Waals surface area (Å²) in [5, 5.41) is 10.2. The van der Waals surface area contributed by atoms with Gasteiger partial charge in [0.25, 0.3) is 5.91 Å². The van der Waals surface area contributed by atoms with Crippen molar-refractivity contribution in [2.24, 2.45) is 0 Å². The van der Waals surface area contributed by atoms with E-state index in [9.17, 15) is 14.7 Å². The number of hydrogen-bond donors (Lipinski definition) is 1. The molecule has 4 aromatic carbocycles. The van der Waals surface area contributed by atoms with Crippen LogP contribution in [0, 0.1) is 0 Å². The molecule has 8 nitrogen and oxygen atoms in total. The molecule has 11 heteroatoms. The predicted molar refractivity (Wildman–Crippen MR) is 203 cm³/mol. The third kappa shape index (κ3) is 7.94. The minimum Gasteiger partial charge on any atom is -0.489 e. The zero-order valence-electron chi connectivity index (χ0n) is 27.9. The molecule has 1 aliphatic heterocycles. The molecule has 1 N–H and O–H groups in total. The van der Waals surface area contributed by atoms with Crippen LogP contribution in [0.4, 0.5) is 0 Å². The Kier molecular flexibility index (Phi) is 12.1. The lowest BCUT2D eigenvalue weighted by atomic mass is 9.95. The van der Waals surface area contributed by atoms with Crippen molar-refractivity contribution in [3.63, 3.8) is 0 Å². The lowest BCUT2D eigenvalue weighted by Crippen LogP contribution is -2.47. The lowest BCUT2D eigenvalue weighted by Gasteiger charge is -2.32. The number of fused-ring (bicyclic) bond motifs is 1. The first kappa shape index (κ1) is 37.2. The van der Waals surface area contributed by atoms with Gasteiger partial charge in [0.2, 0.25) is 0 Å². The number of rotatable bonds is 8. The highest BCUT2D eigenvalue weighted by atomic mass is 35.5. The first-order chi connectivity index (χ1) is 23.3. The number of carboxylic acid groups (broad SMARTS) is 1. The fourth-order valence-electron chi connectivity index (χ4n) is 6.95. The lowest BCUT2D eigenvalue weighted by molar-refractivity contribution is 0.0662. The van der Waals surface area contributed by atoms with Gasteiger partial charge in [-0.3, -0.25) is 4.79 Å². The SMILES string of the molecule is CN1CCN(C(=O)c2ccc(-c3ccc(Cl)cc3)c(COc3ccc(-c4nc5cc(C(=O)O)ccc5n4C4CCCCC4)cc3)c2)CC1.Cl.Cl. The van der Waals surface area contributed by atoms with E-state index in [2.05, 4.69) is 16.5 Å². The van der Waals surface area contributed by atoms with E-state index in [1.807, 2.05) is 77.7 Å². The quantitative estimate of drug-likeness (QED) is 0.171. The Balaban J connectivity index is 0.00000243. The molecule has 0 atom stereocenters. The van der Waals surface area contributed by atoms with Gasteiger partial charge in [-0.1, -0.05) is 49.1 Å². The first-order valence-electron chi connectivity index (χ1n) is 16.7. The summed E-state index contributed by atoms with van der Waals surface area (Å²) in [5.41, 5.74) is 6.38. The number of carboxylic acids is 1. The van der Waals surface area contributed by atoms with Gasteiger partial charge in [-0.2, -0.15) is 0 Å². The number of imidazole rings is 1. The maximum atomic E-state index is 13.5. The van der Waals surface area contributed by atoms with Gasteiger partial charge >= 0.3 is 5.97 Å². The van der Waals surface area contributed by atoms with E-state index in [1.165, 1.54) is 19.3 Å². The van der Waals surface area contributed by atoms with Crippen molar-refractivity contribution >= 4 is 59.3 Å². The zero-order valence-corrected chi connectivity index (χ0v) is 30.3. The molecule has 0 bridgehead atoms. The predicted octanol–water partition coefficient (Wildman–Crippen LogP) is 9.04. The Bertz CT molecular complexity index is 1950. The molecule has 2 aliphatic rings. The Morgan fingerprint density at radius 2 is 1.48 bits per heavy atom. The van der Waals surface area contributed by atoms with Gasteiger partial charge < -0.3 is 24.2 Å². The number of piperazine rings is 1. The second-order valence-corrected chi connectivity index (χ2v) is 13.3. The minimum atomic E-state index is -0.958. The number of likely N-dealkylation sites (N-methyl/N-ethyl adjacent to an activating group) is 1. The molecular weight excluding hydrogens is 695 g/mol. The van der Waals surface area contributed by atoms with Crippen LogP contribution < -0.4 is 4.74 Å². The largest absolute Gasteiger partial charge is 0.489 e. The molecule has 1 aromatic heterocycles. The number of amides is 1. The van der Waals surface area contributed by atoms with Crippen LogP contribution in [-0.4, -0.2) is 69.6 Å². The van der Waals surface area contributed by atoms with Crippen LogP contribution in [0.5, 0.6) is 5.75 Å². The molecule has 50 heavy (non-hydrogen) atoms. The third-order valence-corrected chi connectivity index (χ3v) is 9.93. The topological polar surface area (TPSA) is 87.9 Å². The normalized spacial score (nSPS) is 15.3. The van der Waals surface area contributed by atoms with Gasteiger partial charge in [-0.25, -0.2) is 9.78 Å². The van der Waals surface area contributed by atoms with Crippen molar-refractivity contribution in [1.29, 1.82) is 0 Å². The number of carbonyl (C=O) groups is 2. The van der Waals surface area contributed by atoms with Gasteiger partial charge in [0, 0.05) is 48.4 Å². The second kappa shape index (κ2) is 16.3. The number of nitrogens with zero attached hydrogens (tertiary/aromatic N) is 4. The molecule has 1 amide bonds. The highest BCUT2D eigenvalue weighted by molar-refractivity contribution is 6.30. The standard InChI is InChI=1S/C39H39ClN4O4.2ClH/c1-42-19-21-43(22-20-42)38(45)28-11-17-34(26-7-13-31(40)14-8-26)30(23-28)25-48-33-15-9-27(10-16-33)37-41-35-24-29(39(46)47)12-18-36(35)44(37)32-5-3-2-4-6-32;;/h7-18,23-24,32H,2-6,19-22,25H2,1H3,(H,46,47);2*1H. The molecule has 0 unspecified atom stereocenters. The monoisotopic (exact) mass is 734 g/mol. The van der Waals surface area contributed by atoms with E-state index < -0.39 is 5.97 Å². The van der Waals surface area contributed by atoms with Gasteiger partial charge in [-0.15, -0.1) is 24.8 Å². The maximum Gasteiger partial charge on any atom is 0.335 e. The van der Waals surface area contributed by atoms with Crippen molar-refractivity contribution in [2.45, 2.75) is 44.8 Å². The van der Waals surface area contributed by atoms with Crippen LogP contribution in [-0.2, 0) is 6.61 Å². The Labute approximate surface area is 309 Å².